The second-order valence-electron chi connectivity index (χ2n) is 4.38. The topological polar surface area (TPSA) is 37.8 Å². The monoisotopic (exact) mass is 241 g/mol. The quantitative estimate of drug-likeness (QED) is 0.874. The van der Waals surface area contributed by atoms with Crippen molar-refractivity contribution in [3.05, 3.63) is 59.7 Å². The van der Waals surface area contributed by atoms with Crippen LogP contribution in [-0.4, -0.2) is 16.5 Å². The van der Waals surface area contributed by atoms with Gasteiger partial charge < -0.3 is 5.32 Å². The van der Waals surface area contributed by atoms with Gasteiger partial charge in [0.25, 0.3) is 0 Å². The van der Waals surface area contributed by atoms with E-state index in [0.717, 1.165) is 24.4 Å². The Morgan fingerprint density at radius 2 is 1.89 bits per heavy atom. The van der Waals surface area contributed by atoms with Crippen molar-refractivity contribution in [3.8, 4) is 0 Å². The molecule has 3 heteroatoms. The Morgan fingerprint density at radius 1 is 1.11 bits per heavy atom. The van der Waals surface area contributed by atoms with Crippen molar-refractivity contribution in [1.82, 2.24) is 15.3 Å². The molecule has 1 aromatic heterocycles. The maximum Gasteiger partial charge on any atom is 0.0801 e. The van der Waals surface area contributed by atoms with Crippen LogP contribution in [0.3, 0.4) is 0 Å². The zero-order chi connectivity index (χ0) is 12.8. The summed E-state index contributed by atoms with van der Waals surface area (Å²) >= 11 is 0. The second kappa shape index (κ2) is 6.26. The molecule has 18 heavy (non-hydrogen) atoms. The lowest BCUT2D eigenvalue weighted by atomic mass is 10.0. The van der Waals surface area contributed by atoms with Gasteiger partial charge in [-0.05, 0) is 25.5 Å². The molecule has 0 aliphatic rings. The number of nitrogens with zero attached hydrogens (tertiary/aromatic N) is 2. The van der Waals surface area contributed by atoms with Crippen LogP contribution in [0.15, 0.2) is 42.7 Å². The Hall–Kier alpha value is -1.74. The zero-order valence-corrected chi connectivity index (χ0v) is 10.9. The molecular formula is C15H19N3. The molecule has 0 bridgehead atoms. The van der Waals surface area contributed by atoms with Gasteiger partial charge >= 0.3 is 0 Å². The highest BCUT2D eigenvalue weighted by molar-refractivity contribution is 5.26. The van der Waals surface area contributed by atoms with E-state index < -0.39 is 0 Å². The number of hydrogen-bond donors (Lipinski definition) is 1. The molecule has 1 N–H and O–H groups in total. The molecular weight excluding hydrogens is 222 g/mol. The molecule has 0 amide bonds. The third-order valence-electron chi connectivity index (χ3n) is 2.83. The van der Waals surface area contributed by atoms with E-state index in [9.17, 15) is 0 Å². The summed E-state index contributed by atoms with van der Waals surface area (Å²) in [4.78, 5) is 8.81. The number of hydrogen-bond acceptors (Lipinski definition) is 3. The van der Waals surface area contributed by atoms with Gasteiger partial charge in [0.15, 0.2) is 0 Å². The van der Waals surface area contributed by atoms with Crippen molar-refractivity contribution in [3.63, 3.8) is 0 Å². The van der Waals surface area contributed by atoms with Gasteiger partial charge in [-0.2, -0.15) is 0 Å². The van der Waals surface area contributed by atoms with Crippen LogP contribution < -0.4 is 5.32 Å². The molecule has 0 spiro atoms. The fourth-order valence-corrected chi connectivity index (χ4v) is 1.88. The first-order valence-corrected chi connectivity index (χ1v) is 6.38. The predicted molar refractivity (Wildman–Crippen MR) is 73.3 cm³/mol. The lowest BCUT2D eigenvalue weighted by molar-refractivity contribution is 0.584. The normalized spacial score (nSPS) is 12.3. The van der Waals surface area contributed by atoms with Gasteiger partial charge in [0.1, 0.15) is 0 Å². The maximum atomic E-state index is 4.48. The Bertz CT molecular complexity index is 465. The minimum atomic E-state index is 0.124. The lowest BCUT2D eigenvalue weighted by Crippen LogP contribution is -2.24. The molecule has 0 saturated carbocycles. The van der Waals surface area contributed by atoms with Gasteiger partial charge in [0, 0.05) is 6.20 Å². The molecule has 0 radical (unpaired) electrons. The van der Waals surface area contributed by atoms with Gasteiger partial charge in [0.05, 0.1) is 23.6 Å². The summed E-state index contributed by atoms with van der Waals surface area (Å²) in [5.74, 6) is 0. The summed E-state index contributed by atoms with van der Waals surface area (Å²) in [7, 11) is 0. The average molecular weight is 241 g/mol. The summed E-state index contributed by atoms with van der Waals surface area (Å²) in [6, 6.07) is 10.5. The van der Waals surface area contributed by atoms with Crippen molar-refractivity contribution >= 4 is 0 Å². The molecule has 2 rings (SSSR count). The van der Waals surface area contributed by atoms with Crippen molar-refractivity contribution in [2.75, 3.05) is 6.54 Å². The van der Waals surface area contributed by atoms with E-state index in [0.29, 0.717) is 0 Å². The summed E-state index contributed by atoms with van der Waals surface area (Å²) < 4.78 is 0. The average Bonchev–Trinajstić information content (AvgIpc) is 2.42. The van der Waals surface area contributed by atoms with Gasteiger partial charge in [-0.15, -0.1) is 0 Å². The largest absolute Gasteiger partial charge is 0.305 e. The molecule has 0 fully saturated rings. The summed E-state index contributed by atoms with van der Waals surface area (Å²) in [5, 5.41) is 3.52. The number of aryl methyl sites for hydroxylation is 1. The number of aromatic nitrogens is 2. The van der Waals surface area contributed by atoms with Gasteiger partial charge in [0.2, 0.25) is 0 Å². The van der Waals surface area contributed by atoms with Gasteiger partial charge in [-0.3, -0.25) is 9.97 Å². The molecule has 0 saturated heterocycles. The third kappa shape index (κ3) is 3.14. The minimum absolute atomic E-state index is 0.124. The number of nitrogens with one attached hydrogen (secondary N) is 1. The van der Waals surface area contributed by atoms with E-state index in [-0.39, 0.29) is 6.04 Å². The fourth-order valence-electron chi connectivity index (χ4n) is 1.88. The van der Waals surface area contributed by atoms with Crippen LogP contribution >= 0.6 is 0 Å². The molecule has 1 unspecified atom stereocenters. The number of benzene rings is 1. The Kier molecular flexibility index (Phi) is 4.42. The van der Waals surface area contributed by atoms with E-state index in [1.807, 2.05) is 25.4 Å². The maximum absolute atomic E-state index is 4.48. The second-order valence-corrected chi connectivity index (χ2v) is 4.38. The van der Waals surface area contributed by atoms with Crippen LogP contribution in [0.25, 0.3) is 0 Å². The Morgan fingerprint density at radius 3 is 2.50 bits per heavy atom. The van der Waals surface area contributed by atoms with Crippen LogP contribution in [0.5, 0.6) is 0 Å². The third-order valence-corrected chi connectivity index (χ3v) is 2.83. The highest BCUT2D eigenvalue weighted by atomic mass is 14.9. The summed E-state index contributed by atoms with van der Waals surface area (Å²) in [6.45, 7) is 5.08. The van der Waals surface area contributed by atoms with Crippen molar-refractivity contribution in [2.24, 2.45) is 0 Å². The molecule has 1 heterocycles. The first-order chi connectivity index (χ1) is 8.81. The smallest absolute Gasteiger partial charge is 0.0801 e. The van der Waals surface area contributed by atoms with E-state index in [1.54, 1.807) is 0 Å². The van der Waals surface area contributed by atoms with Crippen molar-refractivity contribution < 1.29 is 0 Å². The Labute approximate surface area is 108 Å². The number of rotatable bonds is 5. The summed E-state index contributed by atoms with van der Waals surface area (Å²) in [5.41, 5.74) is 3.14. The van der Waals surface area contributed by atoms with Gasteiger partial charge in [-0.25, -0.2) is 0 Å². The molecule has 1 atom stereocenters. The van der Waals surface area contributed by atoms with Crippen LogP contribution in [0.2, 0.25) is 0 Å². The molecule has 94 valence electrons. The van der Waals surface area contributed by atoms with Crippen molar-refractivity contribution in [1.29, 1.82) is 0 Å². The minimum Gasteiger partial charge on any atom is -0.305 e. The molecule has 1 aromatic carbocycles. The van der Waals surface area contributed by atoms with E-state index in [2.05, 4.69) is 46.5 Å². The molecule has 0 aliphatic heterocycles. The highest BCUT2D eigenvalue weighted by Gasteiger charge is 2.14. The SMILES string of the molecule is CCCNC(c1ccccc1)c1cnc(C)cn1. The highest BCUT2D eigenvalue weighted by Crippen LogP contribution is 2.19. The molecule has 3 nitrogen and oxygen atoms in total. The van der Waals surface area contributed by atoms with Crippen molar-refractivity contribution in [2.45, 2.75) is 26.3 Å². The molecule has 0 aliphatic carbocycles. The van der Waals surface area contributed by atoms with Crippen LogP contribution in [-0.2, 0) is 0 Å². The Balaban J connectivity index is 2.27. The lowest BCUT2D eigenvalue weighted by Gasteiger charge is -2.18. The standard InChI is InChI=1S/C15H19N3/c1-3-9-16-15(13-7-5-4-6-8-13)14-11-17-12(2)10-18-14/h4-8,10-11,15-16H,3,9H2,1-2H3. The van der Waals surface area contributed by atoms with Crippen LogP contribution in [0.4, 0.5) is 0 Å². The van der Waals surface area contributed by atoms with Crippen LogP contribution in [0.1, 0.15) is 36.3 Å². The first-order valence-electron chi connectivity index (χ1n) is 6.38. The van der Waals surface area contributed by atoms with E-state index in [1.165, 1.54) is 5.56 Å². The zero-order valence-electron chi connectivity index (χ0n) is 10.9. The van der Waals surface area contributed by atoms with E-state index >= 15 is 0 Å². The van der Waals surface area contributed by atoms with Gasteiger partial charge in [-0.1, -0.05) is 37.3 Å². The van der Waals surface area contributed by atoms with E-state index in [4.69, 9.17) is 0 Å². The fraction of sp³-hybridized carbons (Fsp3) is 0.333. The van der Waals surface area contributed by atoms with Crippen LogP contribution in [0, 0.1) is 6.92 Å². The predicted octanol–water partition coefficient (Wildman–Crippen LogP) is 2.87. The first kappa shape index (κ1) is 12.7. The summed E-state index contributed by atoms with van der Waals surface area (Å²) in [6.07, 6.45) is 4.77. The molecule has 2 aromatic rings.